The van der Waals surface area contributed by atoms with E-state index in [2.05, 4.69) is 0 Å². The van der Waals surface area contributed by atoms with E-state index in [0.29, 0.717) is 0 Å². The highest BCUT2D eigenvalue weighted by Crippen LogP contribution is 2.07. The molecule has 2 heteroatoms. The third-order valence-corrected chi connectivity index (χ3v) is 3.08. The van der Waals surface area contributed by atoms with E-state index in [9.17, 15) is 4.39 Å². The van der Waals surface area contributed by atoms with E-state index >= 15 is 0 Å². The molecule has 0 unspecified atom stereocenters. The highest BCUT2D eigenvalue weighted by Gasteiger charge is 2.00. The normalized spacial score (nSPS) is 10.3. The lowest BCUT2D eigenvalue weighted by Gasteiger charge is -2.03. The van der Waals surface area contributed by atoms with Gasteiger partial charge in [0.1, 0.15) is 5.82 Å². The van der Waals surface area contributed by atoms with E-state index in [-0.39, 0.29) is 5.82 Å². The summed E-state index contributed by atoms with van der Waals surface area (Å²) in [4.78, 5) is 0. The first-order valence-corrected chi connectivity index (χ1v) is 4.35. The Balaban J connectivity index is 3.34. The molecule has 54 valence electrons. The molecule has 1 aromatic carbocycles. The van der Waals surface area contributed by atoms with E-state index in [1.165, 1.54) is 5.19 Å². The molecule has 0 fully saturated rings. The molecule has 0 aromatic heterocycles. The summed E-state index contributed by atoms with van der Waals surface area (Å²) < 4.78 is 12.8. The number of halogens is 1. The van der Waals surface area contributed by atoms with Crippen LogP contribution < -0.4 is 5.19 Å². The number of rotatable bonds is 0. The Labute approximate surface area is 63.5 Å². The monoisotopic (exact) mass is 154 g/mol. The topological polar surface area (TPSA) is 0 Å². The van der Waals surface area contributed by atoms with Crippen LogP contribution in [-0.2, 0) is 0 Å². The van der Waals surface area contributed by atoms with Crippen molar-refractivity contribution in [2.24, 2.45) is 0 Å². The van der Waals surface area contributed by atoms with Crippen molar-refractivity contribution in [1.82, 2.24) is 0 Å². The summed E-state index contributed by atoms with van der Waals surface area (Å²) in [6.07, 6.45) is 0. The number of hydrogen-bond donors (Lipinski definition) is 0. The van der Waals surface area contributed by atoms with Crippen LogP contribution in [-0.4, -0.2) is 10.2 Å². The van der Waals surface area contributed by atoms with Crippen molar-refractivity contribution in [2.75, 3.05) is 0 Å². The summed E-state index contributed by atoms with van der Waals surface area (Å²) in [5, 5.41) is 1.29. The Morgan fingerprint density at radius 2 is 1.80 bits per heavy atom. The van der Waals surface area contributed by atoms with E-state index in [1.54, 1.807) is 6.07 Å². The second-order valence-electron chi connectivity index (χ2n) is 2.61. The molecule has 0 aliphatic carbocycles. The van der Waals surface area contributed by atoms with Crippen molar-refractivity contribution in [2.45, 2.75) is 13.8 Å². The lowest BCUT2D eigenvalue weighted by atomic mass is 10.1. The average Bonchev–Trinajstić information content (AvgIpc) is 1.93. The summed E-state index contributed by atoms with van der Waals surface area (Å²) in [7, 11) is 1.01. The van der Waals surface area contributed by atoms with Gasteiger partial charge >= 0.3 is 0 Å². The Hall–Kier alpha value is -0.633. The summed E-state index contributed by atoms with van der Waals surface area (Å²) in [6.45, 7) is 3.80. The molecule has 1 rings (SSSR count). The minimum atomic E-state index is -0.0860. The zero-order valence-corrected chi connectivity index (χ0v) is 8.53. The third kappa shape index (κ3) is 1.11. The van der Waals surface area contributed by atoms with Crippen LogP contribution in [0.1, 0.15) is 11.1 Å². The van der Waals surface area contributed by atoms with Gasteiger partial charge in [-0.25, -0.2) is 4.39 Å². The Bertz CT molecular complexity index is 229. The van der Waals surface area contributed by atoms with Crippen LogP contribution in [0.15, 0.2) is 12.1 Å². The molecule has 10 heavy (non-hydrogen) atoms. The van der Waals surface area contributed by atoms with Gasteiger partial charge in [-0.1, -0.05) is 11.3 Å². The van der Waals surface area contributed by atoms with Crippen LogP contribution in [0.4, 0.5) is 4.39 Å². The van der Waals surface area contributed by atoms with Crippen molar-refractivity contribution >= 4 is 15.4 Å². The molecule has 0 bridgehead atoms. The number of hydrogen-bond acceptors (Lipinski definition) is 0. The molecule has 0 radical (unpaired) electrons. The maximum atomic E-state index is 12.8. The molecule has 0 heterocycles. The van der Waals surface area contributed by atoms with Crippen LogP contribution in [0.25, 0.3) is 0 Å². The molecular formula is C8H11FSi. The molecule has 0 saturated carbocycles. The minimum Gasteiger partial charge on any atom is -0.207 e. The second kappa shape index (κ2) is 2.54. The first kappa shape index (κ1) is 7.47. The standard InChI is InChI=1S/C8H11FSi/c1-5-6(2)8(10)4-3-7(5)9/h3-4H,1-2,10H3. The molecule has 1 aromatic rings. The predicted molar refractivity (Wildman–Crippen MR) is 45.4 cm³/mol. The number of benzene rings is 1. The molecule has 0 atom stereocenters. The quantitative estimate of drug-likeness (QED) is 0.475. The lowest BCUT2D eigenvalue weighted by Crippen LogP contribution is -2.09. The molecule has 0 amide bonds. The summed E-state index contributed by atoms with van der Waals surface area (Å²) in [6, 6.07) is 3.41. The fraction of sp³-hybridized carbons (Fsp3) is 0.250. The van der Waals surface area contributed by atoms with Gasteiger partial charge in [-0.05, 0) is 31.0 Å². The van der Waals surface area contributed by atoms with E-state index in [0.717, 1.165) is 21.4 Å². The van der Waals surface area contributed by atoms with Gasteiger partial charge in [0, 0.05) is 10.2 Å². The maximum absolute atomic E-state index is 12.8. The van der Waals surface area contributed by atoms with Gasteiger partial charge in [-0.2, -0.15) is 0 Å². The maximum Gasteiger partial charge on any atom is 0.126 e. The predicted octanol–water partition coefficient (Wildman–Crippen LogP) is 0.433. The van der Waals surface area contributed by atoms with Crippen LogP contribution >= 0.6 is 0 Å². The van der Waals surface area contributed by atoms with Crippen LogP contribution in [0, 0.1) is 19.7 Å². The molecular weight excluding hydrogens is 143 g/mol. The SMILES string of the molecule is Cc1c(F)ccc([SiH3])c1C. The lowest BCUT2D eigenvalue weighted by molar-refractivity contribution is 0.617. The Kier molecular flexibility index (Phi) is 1.90. The van der Waals surface area contributed by atoms with Gasteiger partial charge in [0.05, 0.1) is 0 Å². The molecule has 0 aliphatic rings. The smallest absolute Gasteiger partial charge is 0.126 e. The third-order valence-electron chi connectivity index (χ3n) is 1.99. The summed E-state index contributed by atoms with van der Waals surface area (Å²) in [5.41, 5.74) is 1.92. The molecule has 0 aliphatic heterocycles. The highest BCUT2D eigenvalue weighted by molar-refractivity contribution is 6.33. The fourth-order valence-electron chi connectivity index (χ4n) is 0.923. The summed E-state index contributed by atoms with van der Waals surface area (Å²) in [5.74, 6) is -0.0860. The highest BCUT2D eigenvalue weighted by atomic mass is 28.1. The van der Waals surface area contributed by atoms with Gasteiger partial charge in [-0.3, -0.25) is 0 Å². The van der Waals surface area contributed by atoms with Crippen molar-refractivity contribution in [3.63, 3.8) is 0 Å². The van der Waals surface area contributed by atoms with Gasteiger partial charge in [-0.15, -0.1) is 0 Å². The van der Waals surface area contributed by atoms with Crippen LogP contribution in [0.2, 0.25) is 0 Å². The van der Waals surface area contributed by atoms with Crippen molar-refractivity contribution in [3.8, 4) is 0 Å². The van der Waals surface area contributed by atoms with Crippen molar-refractivity contribution < 1.29 is 4.39 Å². The molecule has 0 spiro atoms. The van der Waals surface area contributed by atoms with Gasteiger partial charge < -0.3 is 0 Å². The van der Waals surface area contributed by atoms with Crippen LogP contribution in [0.3, 0.4) is 0 Å². The van der Waals surface area contributed by atoms with E-state index in [4.69, 9.17) is 0 Å². The fourth-order valence-corrected chi connectivity index (χ4v) is 1.46. The van der Waals surface area contributed by atoms with Gasteiger partial charge in [0.25, 0.3) is 0 Å². The molecule has 0 saturated heterocycles. The zero-order valence-electron chi connectivity index (χ0n) is 6.53. The first-order chi connectivity index (χ1) is 4.63. The van der Waals surface area contributed by atoms with Crippen molar-refractivity contribution in [1.29, 1.82) is 0 Å². The zero-order chi connectivity index (χ0) is 7.72. The van der Waals surface area contributed by atoms with Gasteiger partial charge in [0.15, 0.2) is 0 Å². The summed E-state index contributed by atoms with van der Waals surface area (Å²) >= 11 is 0. The van der Waals surface area contributed by atoms with Crippen molar-refractivity contribution in [3.05, 3.63) is 29.1 Å². The van der Waals surface area contributed by atoms with Crippen LogP contribution in [0.5, 0.6) is 0 Å². The van der Waals surface area contributed by atoms with E-state index < -0.39 is 0 Å². The Morgan fingerprint density at radius 3 is 2.30 bits per heavy atom. The second-order valence-corrected chi connectivity index (χ2v) is 3.69. The average molecular weight is 154 g/mol. The first-order valence-electron chi connectivity index (χ1n) is 3.35. The van der Waals surface area contributed by atoms with E-state index in [1.807, 2.05) is 19.9 Å². The largest absolute Gasteiger partial charge is 0.207 e. The molecule has 0 N–H and O–H groups in total. The Morgan fingerprint density at radius 1 is 1.20 bits per heavy atom. The van der Waals surface area contributed by atoms with Gasteiger partial charge in [0.2, 0.25) is 0 Å². The molecule has 0 nitrogen and oxygen atoms in total. The minimum absolute atomic E-state index is 0.0860.